The van der Waals surface area contributed by atoms with Crippen LogP contribution in [0.2, 0.25) is 0 Å². The molecule has 1 rings (SSSR count). The fraction of sp³-hybridized carbons (Fsp3) is 0.923. The van der Waals surface area contributed by atoms with E-state index in [1.165, 1.54) is 0 Å². The molecule has 1 N–H and O–H groups in total. The van der Waals surface area contributed by atoms with Gasteiger partial charge in [-0.1, -0.05) is 6.92 Å². The number of carbonyl (C=O) groups is 1. The predicted molar refractivity (Wildman–Crippen MR) is 71.1 cm³/mol. The Morgan fingerprint density at radius 3 is 2.24 bits per heavy atom. The Hall–Kier alpha value is -0.610. The highest BCUT2D eigenvalue weighted by molar-refractivity contribution is 5.73. The summed E-state index contributed by atoms with van der Waals surface area (Å²) in [5.74, 6) is 0.180. The maximum atomic E-state index is 10.7. The highest BCUT2D eigenvalue weighted by Gasteiger charge is 2.20. The zero-order valence-corrected chi connectivity index (χ0v) is 12.0. The largest absolute Gasteiger partial charge is 0.373 e. The molecule has 1 aliphatic heterocycles. The minimum absolute atomic E-state index is 0.0677. The van der Waals surface area contributed by atoms with Gasteiger partial charge in [-0.05, 0) is 27.2 Å². The molecule has 102 valence electrons. The van der Waals surface area contributed by atoms with Crippen molar-refractivity contribution in [3.05, 3.63) is 0 Å². The van der Waals surface area contributed by atoms with E-state index in [4.69, 9.17) is 4.74 Å². The summed E-state index contributed by atoms with van der Waals surface area (Å²) in [7, 11) is 0. The highest BCUT2D eigenvalue weighted by atomic mass is 16.5. The summed E-state index contributed by atoms with van der Waals surface area (Å²) in [6.45, 7) is 14.4. The van der Waals surface area contributed by atoms with Crippen LogP contribution in [0.25, 0.3) is 0 Å². The molecule has 1 aliphatic rings. The molecular weight excluding hydrogens is 216 g/mol. The van der Waals surface area contributed by atoms with Crippen molar-refractivity contribution in [3.63, 3.8) is 0 Å². The van der Waals surface area contributed by atoms with Crippen LogP contribution in [0.3, 0.4) is 0 Å². The molecule has 0 aromatic rings. The van der Waals surface area contributed by atoms with Gasteiger partial charge in [-0.2, -0.15) is 0 Å². The van der Waals surface area contributed by atoms with E-state index in [1.54, 1.807) is 6.92 Å². The molecule has 0 radical (unpaired) electrons. The molecule has 1 saturated heterocycles. The second kappa shape index (κ2) is 8.48. The van der Waals surface area contributed by atoms with Crippen molar-refractivity contribution in [1.29, 1.82) is 0 Å². The smallest absolute Gasteiger partial charge is 0.219 e. The van der Waals surface area contributed by atoms with Crippen molar-refractivity contribution in [1.82, 2.24) is 10.2 Å². The first-order valence-electron chi connectivity index (χ1n) is 6.53. The third kappa shape index (κ3) is 8.16. The number of nitrogens with zero attached hydrogens (tertiary/aromatic N) is 1. The average molecular weight is 244 g/mol. The van der Waals surface area contributed by atoms with Gasteiger partial charge < -0.3 is 15.0 Å². The molecule has 0 aliphatic carbocycles. The van der Waals surface area contributed by atoms with Gasteiger partial charge in [0.1, 0.15) is 0 Å². The van der Waals surface area contributed by atoms with Crippen LogP contribution < -0.4 is 5.32 Å². The van der Waals surface area contributed by atoms with Crippen LogP contribution in [0.5, 0.6) is 0 Å². The fourth-order valence-electron chi connectivity index (χ4n) is 1.65. The minimum atomic E-state index is 0.0677. The lowest BCUT2D eigenvalue weighted by atomic mass is 10.1. The van der Waals surface area contributed by atoms with E-state index >= 15 is 0 Å². The molecule has 1 fully saturated rings. The van der Waals surface area contributed by atoms with E-state index in [9.17, 15) is 4.79 Å². The number of rotatable bonds is 3. The van der Waals surface area contributed by atoms with Gasteiger partial charge in [0, 0.05) is 33.1 Å². The van der Waals surface area contributed by atoms with Crippen molar-refractivity contribution in [3.8, 4) is 0 Å². The average Bonchev–Trinajstić information content (AvgIpc) is 2.26. The second-order valence-corrected chi connectivity index (χ2v) is 4.88. The van der Waals surface area contributed by atoms with Crippen molar-refractivity contribution in [2.75, 3.05) is 32.8 Å². The third-order valence-electron chi connectivity index (χ3n) is 2.64. The molecule has 0 bridgehead atoms. The Morgan fingerprint density at radius 2 is 2.06 bits per heavy atom. The van der Waals surface area contributed by atoms with E-state index in [1.807, 2.05) is 11.8 Å². The summed E-state index contributed by atoms with van der Waals surface area (Å²) in [6.07, 6.45) is 1.05. The van der Waals surface area contributed by atoms with E-state index in [0.717, 1.165) is 39.2 Å². The van der Waals surface area contributed by atoms with Gasteiger partial charge in [-0.3, -0.25) is 4.79 Å². The van der Waals surface area contributed by atoms with Gasteiger partial charge >= 0.3 is 0 Å². The molecule has 0 spiro atoms. The maximum absolute atomic E-state index is 10.7. The predicted octanol–water partition coefficient (Wildman–Crippen LogP) is 1.65. The van der Waals surface area contributed by atoms with E-state index < -0.39 is 0 Å². The van der Waals surface area contributed by atoms with Crippen LogP contribution in [0.4, 0.5) is 0 Å². The van der Waals surface area contributed by atoms with Crippen LogP contribution in [-0.4, -0.2) is 49.2 Å². The van der Waals surface area contributed by atoms with Crippen molar-refractivity contribution in [2.45, 2.75) is 46.6 Å². The van der Waals surface area contributed by atoms with E-state index in [0.29, 0.717) is 0 Å². The summed E-state index contributed by atoms with van der Waals surface area (Å²) in [6, 6.07) is 0. The number of morpholine rings is 1. The van der Waals surface area contributed by atoms with Crippen LogP contribution in [-0.2, 0) is 9.53 Å². The topological polar surface area (TPSA) is 41.6 Å². The molecule has 4 nitrogen and oxygen atoms in total. The quantitative estimate of drug-likeness (QED) is 0.821. The van der Waals surface area contributed by atoms with Crippen LogP contribution in [0.15, 0.2) is 0 Å². The van der Waals surface area contributed by atoms with Crippen LogP contribution in [0, 0.1) is 0 Å². The molecule has 0 atom stereocenters. The summed E-state index contributed by atoms with van der Waals surface area (Å²) in [5.41, 5.74) is 0.0677. The first-order chi connectivity index (χ1) is 7.93. The first-order valence-corrected chi connectivity index (χ1v) is 6.53. The van der Waals surface area contributed by atoms with Gasteiger partial charge in [-0.15, -0.1) is 0 Å². The molecule has 17 heavy (non-hydrogen) atoms. The number of nitrogens with one attached hydrogen (secondary N) is 1. The standard InChI is InChI=1S/C7H15NO.C6H13NO/c1-4-6-8(5-2)7(3)9;1-6(2)5-7-3-4-8-6/h4-6H2,1-3H3;7H,3-5H2,1-2H3. The van der Waals surface area contributed by atoms with Crippen molar-refractivity contribution >= 4 is 5.91 Å². The number of hydrogen-bond donors (Lipinski definition) is 1. The molecule has 0 aromatic heterocycles. The summed E-state index contributed by atoms with van der Waals surface area (Å²) in [4.78, 5) is 12.5. The lowest BCUT2D eigenvalue weighted by molar-refractivity contribution is -0.128. The molecule has 1 amide bonds. The second-order valence-electron chi connectivity index (χ2n) is 4.88. The van der Waals surface area contributed by atoms with E-state index in [2.05, 4.69) is 26.1 Å². The highest BCUT2D eigenvalue weighted by Crippen LogP contribution is 2.08. The molecular formula is C13H28N2O2. The fourth-order valence-corrected chi connectivity index (χ4v) is 1.65. The Bertz CT molecular complexity index is 209. The Balaban J connectivity index is 0.000000302. The Morgan fingerprint density at radius 1 is 1.41 bits per heavy atom. The number of amides is 1. The Kier molecular flexibility index (Phi) is 8.17. The molecule has 0 unspecified atom stereocenters. The maximum Gasteiger partial charge on any atom is 0.219 e. The molecule has 4 heteroatoms. The SMILES string of the molecule is CC1(C)CNCCO1.CCCN(CC)C(C)=O. The first kappa shape index (κ1) is 16.4. The number of hydrogen-bond acceptors (Lipinski definition) is 3. The monoisotopic (exact) mass is 244 g/mol. The van der Waals surface area contributed by atoms with Crippen molar-refractivity contribution in [2.24, 2.45) is 0 Å². The number of ether oxygens (including phenoxy) is 1. The van der Waals surface area contributed by atoms with Gasteiger partial charge in [0.05, 0.1) is 12.2 Å². The van der Waals surface area contributed by atoms with E-state index in [-0.39, 0.29) is 11.5 Å². The zero-order valence-electron chi connectivity index (χ0n) is 12.0. The molecule has 1 heterocycles. The molecule has 0 saturated carbocycles. The molecule has 0 aromatic carbocycles. The van der Waals surface area contributed by atoms with Gasteiger partial charge in [0.15, 0.2) is 0 Å². The van der Waals surface area contributed by atoms with Crippen LogP contribution in [0.1, 0.15) is 41.0 Å². The number of carbonyl (C=O) groups excluding carboxylic acids is 1. The van der Waals surface area contributed by atoms with Gasteiger partial charge in [-0.25, -0.2) is 0 Å². The lowest BCUT2D eigenvalue weighted by Gasteiger charge is -2.30. The zero-order chi connectivity index (χ0) is 13.3. The Labute approximate surface area is 106 Å². The summed E-state index contributed by atoms with van der Waals surface area (Å²) in [5, 5.41) is 3.25. The summed E-state index contributed by atoms with van der Waals surface area (Å²) >= 11 is 0. The third-order valence-corrected chi connectivity index (χ3v) is 2.64. The van der Waals surface area contributed by atoms with Gasteiger partial charge in [0.2, 0.25) is 5.91 Å². The van der Waals surface area contributed by atoms with Crippen molar-refractivity contribution < 1.29 is 9.53 Å². The summed E-state index contributed by atoms with van der Waals surface area (Å²) < 4.78 is 5.40. The van der Waals surface area contributed by atoms with Gasteiger partial charge in [0.25, 0.3) is 0 Å². The minimum Gasteiger partial charge on any atom is -0.373 e. The lowest BCUT2D eigenvalue weighted by Crippen LogP contribution is -2.45. The van der Waals surface area contributed by atoms with Crippen LogP contribution >= 0.6 is 0 Å². The normalized spacial score (nSPS) is 17.9.